The second-order valence-corrected chi connectivity index (χ2v) is 14.9. The topological polar surface area (TPSA) is 87.0 Å². The average molecular weight is 489 g/mol. The minimum absolute atomic E-state index is 0.149. The number of hydrogen-bond donors (Lipinski definition) is 3. The number of carbonyl (C=O) groups is 1. The molecule has 5 heteroatoms. The Kier molecular flexibility index (Phi) is 5.49. The molecule has 3 saturated carbocycles. The molecule has 0 bridgehead atoms. The van der Waals surface area contributed by atoms with Crippen LogP contribution in [0.5, 0.6) is 0 Å². The normalized spacial score (nSPS) is 53.6. The van der Waals surface area contributed by atoms with Crippen molar-refractivity contribution >= 4 is 5.78 Å². The van der Waals surface area contributed by atoms with Crippen LogP contribution in [-0.2, 0) is 9.53 Å². The number of ketones is 1. The van der Waals surface area contributed by atoms with Crippen LogP contribution in [0.15, 0.2) is 11.6 Å². The second-order valence-electron chi connectivity index (χ2n) is 14.9. The number of aliphatic hydroxyl groups is 3. The third kappa shape index (κ3) is 3.17. The van der Waals surface area contributed by atoms with Gasteiger partial charge in [0.1, 0.15) is 5.78 Å². The fourth-order valence-corrected chi connectivity index (χ4v) is 10.2. The summed E-state index contributed by atoms with van der Waals surface area (Å²) in [6.07, 6.45) is 6.24. The molecule has 4 aliphatic carbocycles. The minimum Gasteiger partial charge on any atom is -0.393 e. The Bertz CT molecular complexity index is 947. The Morgan fingerprint density at radius 3 is 2.26 bits per heavy atom. The zero-order valence-electron chi connectivity index (χ0n) is 23.1. The van der Waals surface area contributed by atoms with Crippen molar-refractivity contribution in [2.75, 3.05) is 0 Å². The first kappa shape index (κ1) is 25.9. The highest BCUT2D eigenvalue weighted by Crippen LogP contribution is 2.75. The van der Waals surface area contributed by atoms with Crippen molar-refractivity contribution in [3.63, 3.8) is 0 Å². The van der Waals surface area contributed by atoms with Crippen LogP contribution in [0, 0.1) is 39.4 Å². The number of hydrogen-bond acceptors (Lipinski definition) is 5. The lowest BCUT2D eigenvalue weighted by molar-refractivity contribution is -0.195. The van der Waals surface area contributed by atoms with Gasteiger partial charge in [0.2, 0.25) is 0 Å². The molecule has 0 spiro atoms. The van der Waals surface area contributed by atoms with Gasteiger partial charge in [-0.3, -0.25) is 4.79 Å². The van der Waals surface area contributed by atoms with E-state index < -0.39 is 22.7 Å². The summed E-state index contributed by atoms with van der Waals surface area (Å²) in [5.74, 6) is 0.472. The van der Waals surface area contributed by atoms with E-state index in [4.69, 9.17) is 4.74 Å². The van der Waals surface area contributed by atoms with E-state index in [1.165, 1.54) is 5.57 Å². The highest BCUT2D eigenvalue weighted by molar-refractivity contribution is 5.88. The summed E-state index contributed by atoms with van der Waals surface area (Å²) >= 11 is 0. The molecular weight excluding hydrogens is 440 g/mol. The molecule has 35 heavy (non-hydrogen) atoms. The molecule has 0 radical (unpaired) electrons. The molecule has 0 aromatic heterocycles. The van der Waals surface area contributed by atoms with E-state index in [9.17, 15) is 20.1 Å². The molecule has 5 rings (SSSR count). The Balaban J connectivity index is 1.56. The third-order valence-electron chi connectivity index (χ3n) is 12.4. The third-order valence-corrected chi connectivity index (χ3v) is 12.4. The maximum atomic E-state index is 14.3. The van der Waals surface area contributed by atoms with Gasteiger partial charge in [-0.15, -0.1) is 0 Å². The quantitative estimate of drug-likeness (QED) is 0.486. The highest BCUT2D eigenvalue weighted by Gasteiger charge is 2.74. The van der Waals surface area contributed by atoms with Crippen LogP contribution in [0.4, 0.5) is 0 Å². The Hall–Kier alpha value is -0.750. The maximum Gasteiger partial charge on any atom is 0.140 e. The van der Waals surface area contributed by atoms with E-state index in [2.05, 4.69) is 47.6 Å². The van der Waals surface area contributed by atoms with Gasteiger partial charge in [-0.05, 0) is 82.0 Å². The first-order chi connectivity index (χ1) is 15.9. The molecule has 0 aromatic carbocycles. The molecule has 10 unspecified atom stereocenters. The summed E-state index contributed by atoms with van der Waals surface area (Å²) in [7, 11) is 0. The van der Waals surface area contributed by atoms with E-state index in [1.807, 2.05) is 0 Å². The zero-order chi connectivity index (χ0) is 26.0. The van der Waals surface area contributed by atoms with Gasteiger partial charge in [0, 0.05) is 23.2 Å². The lowest BCUT2D eigenvalue weighted by Gasteiger charge is -2.65. The molecule has 5 aliphatic rings. The lowest BCUT2D eigenvalue weighted by atomic mass is 9.38. The van der Waals surface area contributed by atoms with Gasteiger partial charge in [-0.25, -0.2) is 0 Å². The predicted octanol–water partition coefficient (Wildman–Crippen LogP) is 4.81. The molecule has 1 aliphatic heterocycles. The van der Waals surface area contributed by atoms with Gasteiger partial charge in [-0.2, -0.15) is 0 Å². The molecule has 3 N–H and O–H groups in total. The SMILES string of the molecule is CC(C)(O)C1CCC(C)(C2C(O)CC3(C)C4CC=C5C(CCC(O)C5(C)C)C4(C)C(=O)CC23C)O1. The van der Waals surface area contributed by atoms with Gasteiger partial charge in [0.15, 0.2) is 0 Å². The highest BCUT2D eigenvalue weighted by atomic mass is 16.5. The largest absolute Gasteiger partial charge is 0.393 e. The fourth-order valence-electron chi connectivity index (χ4n) is 10.2. The number of fused-ring (bicyclic) bond motifs is 5. The predicted molar refractivity (Wildman–Crippen MR) is 136 cm³/mol. The van der Waals surface area contributed by atoms with E-state index in [-0.39, 0.29) is 46.2 Å². The van der Waals surface area contributed by atoms with Crippen LogP contribution in [0.2, 0.25) is 0 Å². The first-order valence-electron chi connectivity index (χ1n) is 13.9. The number of rotatable bonds is 2. The summed E-state index contributed by atoms with van der Waals surface area (Å²) in [6, 6.07) is 0. The number of Topliss-reactive ketones (excluding diaryl/α,β-unsaturated/α-hetero) is 1. The smallest absolute Gasteiger partial charge is 0.140 e. The second kappa shape index (κ2) is 7.42. The van der Waals surface area contributed by atoms with Crippen molar-refractivity contribution in [2.24, 2.45) is 39.4 Å². The maximum absolute atomic E-state index is 14.3. The van der Waals surface area contributed by atoms with Gasteiger partial charge >= 0.3 is 0 Å². The van der Waals surface area contributed by atoms with Crippen LogP contribution < -0.4 is 0 Å². The van der Waals surface area contributed by atoms with Crippen LogP contribution in [0.25, 0.3) is 0 Å². The summed E-state index contributed by atoms with van der Waals surface area (Å²) in [4.78, 5) is 14.3. The zero-order valence-corrected chi connectivity index (χ0v) is 23.1. The molecule has 10 atom stereocenters. The molecular formula is C30H48O5. The van der Waals surface area contributed by atoms with Crippen molar-refractivity contribution in [1.29, 1.82) is 0 Å². The van der Waals surface area contributed by atoms with Crippen molar-refractivity contribution in [3.8, 4) is 0 Å². The first-order valence-corrected chi connectivity index (χ1v) is 13.9. The van der Waals surface area contributed by atoms with Crippen molar-refractivity contribution in [3.05, 3.63) is 11.6 Å². The Labute approximate surface area is 211 Å². The van der Waals surface area contributed by atoms with E-state index in [0.717, 1.165) is 32.1 Å². The molecule has 1 saturated heterocycles. The number of ether oxygens (including phenoxy) is 1. The van der Waals surface area contributed by atoms with Gasteiger partial charge in [0.25, 0.3) is 0 Å². The molecule has 1 heterocycles. The molecule has 4 fully saturated rings. The number of aliphatic hydroxyl groups excluding tert-OH is 2. The summed E-state index contributed by atoms with van der Waals surface area (Å²) < 4.78 is 6.59. The monoisotopic (exact) mass is 488 g/mol. The molecule has 198 valence electrons. The van der Waals surface area contributed by atoms with Crippen LogP contribution in [0.1, 0.15) is 100 Å². The average Bonchev–Trinajstić information content (AvgIpc) is 3.21. The number of allylic oxidation sites excluding steroid dienone is 1. The molecule has 5 nitrogen and oxygen atoms in total. The van der Waals surface area contributed by atoms with Crippen LogP contribution in [-0.4, -0.2) is 50.6 Å². The van der Waals surface area contributed by atoms with E-state index in [1.54, 1.807) is 13.8 Å². The van der Waals surface area contributed by atoms with Gasteiger partial charge in [0.05, 0.1) is 29.5 Å². The summed E-state index contributed by atoms with van der Waals surface area (Å²) in [5.41, 5.74) is -1.62. The van der Waals surface area contributed by atoms with Crippen LogP contribution >= 0.6 is 0 Å². The number of carbonyl (C=O) groups excluding carboxylic acids is 1. The summed E-state index contributed by atoms with van der Waals surface area (Å²) in [6.45, 7) is 16.7. The Morgan fingerprint density at radius 1 is 1.00 bits per heavy atom. The van der Waals surface area contributed by atoms with Gasteiger partial charge < -0.3 is 20.1 Å². The standard InChI is InChI=1S/C30H48O5/c1-25(2)17-9-11-20-27(5)15-19(31)24(29(7)14-13-23(35-29)26(3,4)34)28(27,6)16-22(33)30(20,8)18(17)10-12-21(25)32/h9,18-21,23-24,31-32,34H,10-16H2,1-8H3. The Morgan fingerprint density at radius 2 is 1.66 bits per heavy atom. The lowest BCUT2D eigenvalue weighted by Crippen LogP contribution is -2.64. The van der Waals surface area contributed by atoms with Crippen LogP contribution in [0.3, 0.4) is 0 Å². The van der Waals surface area contributed by atoms with Crippen molar-refractivity contribution in [1.82, 2.24) is 0 Å². The molecule has 0 amide bonds. The van der Waals surface area contributed by atoms with Gasteiger partial charge in [-0.1, -0.05) is 46.3 Å². The molecule has 0 aromatic rings. The van der Waals surface area contributed by atoms with Crippen molar-refractivity contribution in [2.45, 2.75) is 130 Å². The minimum atomic E-state index is -0.935. The van der Waals surface area contributed by atoms with E-state index in [0.29, 0.717) is 18.6 Å². The van der Waals surface area contributed by atoms with E-state index >= 15 is 0 Å². The fraction of sp³-hybridized carbons (Fsp3) is 0.900. The summed E-state index contributed by atoms with van der Waals surface area (Å²) in [5, 5.41) is 33.1. The van der Waals surface area contributed by atoms with Crippen molar-refractivity contribution < 1.29 is 24.9 Å².